The van der Waals surface area contributed by atoms with Crippen molar-refractivity contribution in [3.63, 3.8) is 0 Å². The van der Waals surface area contributed by atoms with E-state index in [9.17, 15) is 14.4 Å². The molecular formula is C21H24N4O3. The smallest absolute Gasteiger partial charge is 0.233 e. The molecule has 1 heterocycles. The minimum Gasteiger partial charge on any atom is -0.368 e. The molecule has 0 aliphatic carbocycles. The monoisotopic (exact) mass is 380 g/mol. The maximum Gasteiger partial charge on any atom is 0.233 e. The third kappa shape index (κ3) is 5.33. The third-order valence-electron chi connectivity index (χ3n) is 4.53. The first kappa shape index (κ1) is 19.4. The lowest BCUT2D eigenvalue weighted by Crippen LogP contribution is -2.49. The highest BCUT2D eigenvalue weighted by atomic mass is 16.2. The first-order valence-corrected chi connectivity index (χ1v) is 9.26. The summed E-state index contributed by atoms with van der Waals surface area (Å²) in [6.07, 6.45) is -0.199. The number of carbonyl (C=O) groups is 3. The van der Waals surface area contributed by atoms with E-state index in [1.807, 2.05) is 18.2 Å². The molecule has 0 spiro atoms. The van der Waals surface area contributed by atoms with E-state index in [-0.39, 0.29) is 24.1 Å². The van der Waals surface area contributed by atoms with Gasteiger partial charge in [-0.2, -0.15) is 0 Å². The molecule has 0 aromatic heterocycles. The standard InChI is InChI=1S/C21H24N4O3/c1-16(26)22-17-6-5-7-18(14-17)23-20(27)15-21(28)25-12-10-24(11-13-25)19-8-3-2-4-9-19/h2-9,14H,10-13,15H2,1H3,(H,22,26)(H,23,27). The summed E-state index contributed by atoms with van der Waals surface area (Å²) in [7, 11) is 0. The van der Waals surface area contributed by atoms with E-state index in [1.54, 1.807) is 29.2 Å². The van der Waals surface area contributed by atoms with Crippen molar-refractivity contribution in [1.82, 2.24) is 4.90 Å². The van der Waals surface area contributed by atoms with Crippen LogP contribution in [0.5, 0.6) is 0 Å². The van der Waals surface area contributed by atoms with E-state index < -0.39 is 0 Å². The third-order valence-corrected chi connectivity index (χ3v) is 4.53. The Morgan fingerprint density at radius 1 is 0.857 bits per heavy atom. The summed E-state index contributed by atoms with van der Waals surface area (Å²) in [5.41, 5.74) is 2.28. The van der Waals surface area contributed by atoms with E-state index in [4.69, 9.17) is 0 Å². The van der Waals surface area contributed by atoms with Crippen LogP contribution in [0.25, 0.3) is 0 Å². The van der Waals surface area contributed by atoms with Gasteiger partial charge in [0.15, 0.2) is 0 Å². The van der Waals surface area contributed by atoms with Crippen LogP contribution in [0.15, 0.2) is 54.6 Å². The number of rotatable bonds is 5. The maximum atomic E-state index is 12.4. The fourth-order valence-corrected chi connectivity index (χ4v) is 3.19. The van der Waals surface area contributed by atoms with Gasteiger partial charge in [0.25, 0.3) is 0 Å². The summed E-state index contributed by atoms with van der Waals surface area (Å²) >= 11 is 0. The lowest BCUT2D eigenvalue weighted by atomic mass is 10.2. The van der Waals surface area contributed by atoms with Crippen molar-refractivity contribution in [3.8, 4) is 0 Å². The molecule has 0 atom stereocenters. The van der Waals surface area contributed by atoms with Gasteiger partial charge in [0.2, 0.25) is 17.7 Å². The van der Waals surface area contributed by atoms with Crippen LogP contribution in [0.1, 0.15) is 13.3 Å². The van der Waals surface area contributed by atoms with Crippen molar-refractivity contribution in [2.45, 2.75) is 13.3 Å². The molecule has 1 fully saturated rings. The highest BCUT2D eigenvalue weighted by molar-refractivity contribution is 6.04. The minimum atomic E-state index is -0.365. The molecule has 0 radical (unpaired) electrons. The summed E-state index contributed by atoms with van der Waals surface area (Å²) in [6.45, 7) is 4.10. The molecule has 0 unspecified atom stereocenters. The van der Waals surface area contributed by atoms with Crippen LogP contribution in [0.2, 0.25) is 0 Å². The molecular weight excluding hydrogens is 356 g/mol. The Morgan fingerprint density at radius 3 is 2.14 bits per heavy atom. The van der Waals surface area contributed by atoms with Gasteiger partial charge in [0.05, 0.1) is 0 Å². The number of carbonyl (C=O) groups excluding carboxylic acids is 3. The van der Waals surface area contributed by atoms with Gasteiger partial charge in [0, 0.05) is 50.2 Å². The molecule has 2 aromatic carbocycles. The number of para-hydroxylation sites is 1. The summed E-state index contributed by atoms with van der Waals surface area (Å²) in [6, 6.07) is 16.9. The van der Waals surface area contributed by atoms with Crippen LogP contribution in [-0.4, -0.2) is 48.8 Å². The zero-order valence-corrected chi connectivity index (χ0v) is 15.9. The average Bonchev–Trinajstić information content (AvgIpc) is 2.68. The second-order valence-corrected chi connectivity index (χ2v) is 6.69. The largest absolute Gasteiger partial charge is 0.368 e. The topological polar surface area (TPSA) is 81.8 Å². The number of anilines is 3. The summed E-state index contributed by atoms with van der Waals surface area (Å²) in [5, 5.41) is 5.37. The number of nitrogens with one attached hydrogen (secondary N) is 2. The molecule has 3 rings (SSSR count). The zero-order chi connectivity index (χ0) is 19.9. The zero-order valence-electron chi connectivity index (χ0n) is 15.9. The van der Waals surface area contributed by atoms with E-state index in [0.29, 0.717) is 24.5 Å². The second-order valence-electron chi connectivity index (χ2n) is 6.69. The van der Waals surface area contributed by atoms with Gasteiger partial charge < -0.3 is 20.4 Å². The molecule has 0 saturated carbocycles. The SMILES string of the molecule is CC(=O)Nc1cccc(NC(=O)CC(=O)N2CCN(c3ccccc3)CC2)c1. The van der Waals surface area contributed by atoms with Crippen LogP contribution >= 0.6 is 0 Å². The Kier molecular flexibility index (Phi) is 6.26. The van der Waals surface area contributed by atoms with Crippen LogP contribution in [0, 0.1) is 0 Å². The average molecular weight is 380 g/mol. The van der Waals surface area contributed by atoms with Gasteiger partial charge >= 0.3 is 0 Å². The molecule has 1 aliphatic heterocycles. The predicted molar refractivity (Wildman–Crippen MR) is 109 cm³/mol. The molecule has 28 heavy (non-hydrogen) atoms. The number of amides is 3. The second kappa shape index (κ2) is 9.03. The molecule has 1 aliphatic rings. The molecule has 0 bridgehead atoms. The molecule has 1 saturated heterocycles. The lowest BCUT2D eigenvalue weighted by molar-refractivity contribution is -0.134. The van der Waals surface area contributed by atoms with Crippen LogP contribution < -0.4 is 15.5 Å². The Hall–Kier alpha value is -3.35. The van der Waals surface area contributed by atoms with Gasteiger partial charge in [-0.1, -0.05) is 24.3 Å². The molecule has 2 N–H and O–H groups in total. The number of benzene rings is 2. The highest BCUT2D eigenvalue weighted by Crippen LogP contribution is 2.17. The number of hydrogen-bond acceptors (Lipinski definition) is 4. The molecule has 3 amide bonds. The Bertz CT molecular complexity index is 846. The summed E-state index contributed by atoms with van der Waals surface area (Å²) < 4.78 is 0. The lowest BCUT2D eigenvalue weighted by Gasteiger charge is -2.36. The number of piperazine rings is 1. The van der Waals surface area contributed by atoms with Gasteiger partial charge in [-0.15, -0.1) is 0 Å². The predicted octanol–water partition coefficient (Wildman–Crippen LogP) is 2.32. The summed E-state index contributed by atoms with van der Waals surface area (Å²) in [5.74, 6) is -0.730. The quantitative estimate of drug-likeness (QED) is 0.780. The highest BCUT2D eigenvalue weighted by Gasteiger charge is 2.23. The number of hydrogen-bond donors (Lipinski definition) is 2. The fraction of sp³-hybridized carbons (Fsp3) is 0.286. The van der Waals surface area contributed by atoms with Gasteiger partial charge in [0.1, 0.15) is 6.42 Å². The minimum absolute atomic E-state index is 0.178. The normalized spacial score (nSPS) is 13.8. The molecule has 2 aromatic rings. The first-order chi connectivity index (χ1) is 13.5. The van der Waals surface area contributed by atoms with Crippen LogP contribution in [-0.2, 0) is 14.4 Å². The fourth-order valence-electron chi connectivity index (χ4n) is 3.19. The first-order valence-electron chi connectivity index (χ1n) is 9.26. The van der Waals surface area contributed by atoms with E-state index >= 15 is 0 Å². The Balaban J connectivity index is 1.48. The van der Waals surface area contributed by atoms with Gasteiger partial charge in [-0.05, 0) is 30.3 Å². The van der Waals surface area contributed by atoms with Crippen LogP contribution in [0.3, 0.4) is 0 Å². The van der Waals surface area contributed by atoms with Gasteiger partial charge in [-0.25, -0.2) is 0 Å². The van der Waals surface area contributed by atoms with E-state index in [1.165, 1.54) is 6.92 Å². The van der Waals surface area contributed by atoms with E-state index in [0.717, 1.165) is 18.8 Å². The molecule has 7 heteroatoms. The molecule has 146 valence electrons. The Morgan fingerprint density at radius 2 is 1.50 bits per heavy atom. The van der Waals surface area contributed by atoms with Crippen molar-refractivity contribution < 1.29 is 14.4 Å². The van der Waals surface area contributed by atoms with Crippen molar-refractivity contribution in [2.24, 2.45) is 0 Å². The molecule has 7 nitrogen and oxygen atoms in total. The maximum absolute atomic E-state index is 12.4. The van der Waals surface area contributed by atoms with Crippen LogP contribution in [0.4, 0.5) is 17.1 Å². The van der Waals surface area contributed by atoms with Crippen molar-refractivity contribution in [3.05, 3.63) is 54.6 Å². The van der Waals surface area contributed by atoms with Gasteiger partial charge in [-0.3, -0.25) is 14.4 Å². The summed E-state index contributed by atoms with van der Waals surface area (Å²) in [4.78, 5) is 39.8. The van der Waals surface area contributed by atoms with Crippen molar-refractivity contribution in [1.29, 1.82) is 0 Å². The van der Waals surface area contributed by atoms with Crippen molar-refractivity contribution in [2.75, 3.05) is 41.7 Å². The van der Waals surface area contributed by atoms with Crippen molar-refractivity contribution >= 4 is 34.8 Å². The Labute approximate surface area is 164 Å². The van der Waals surface area contributed by atoms with E-state index in [2.05, 4.69) is 27.7 Å². The number of nitrogens with zero attached hydrogens (tertiary/aromatic N) is 2.